The van der Waals surface area contributed by atoms with Crippen LogP contribution in [0.5, 0.6) is 0 Å². The molecule has 0 saturated carbocycles. The summed E-state index contributed by atoms with van der Waals surface area (Å²) < 4.78 is 0. The summed E-state index contributed by atoms with van der Waals surface area (Å²) >= 11 is 0. The van der Waals surface area contributed by atoms with E-state index < -0.39 is 5.97 Å². The summed E-state index contributed by atoms with van der Waals surface area (Å²) in [4.78, 5) is 12.6. The van der Waals surface area contributed by atoms with Crippen molar-refractivity contribution < 1.29 is 9.90 Å². The van der Waals surface area contributed by atoms with E-state index in [4.69, 9.17) is 21.4 Å². The highest BCUT2D eigenvalue weighted by Gasteiger charge is 1.77. The molecule has 0 atom stereocenters. The van der Waals surface area contributed by atoms with Gasteiger partial charge in [0.1, 0.15) is 0 Å². The van der Waals surface area contributed by atoms with Crippen LogP contribution < -0.4 is 21.9 Å². The van der Waals surface area contributed by atoms with E-state index in [1.807, 2.05) is 6.92 Å². The number of guanidine groups is 1. The van der Waals surface area contributed by atoms with Gasteiger partial charge in [0.05, 0.1) is 0 Å². The normalized spacial score (nSPS) is 10.6. The standard InChI is InChI=1S/C10H12.C3H9N3.C2H4O2/c1-3-9-7-5-6-8-10(9)4-2;1-2-6-3(4)5;1-2(3)4/h3-8H,1-2H3;2H2,1H3,(H4,4,5,6);1H3,(H,3,4)/b9-3-,10-4-;;. The van der Waals surface area contributed by atoms with Crippen molar-refractivity contribution in [2.24, 2.45) is 16.5 Å². The van der Waals surface area contributed by atoms with E-state index in [1.165, 1.54) is 10.4 Å². The molecule has 0 saturated heterocycles. The van der Waals surface area contributed by atoms with Crippen LogP contribution in [0, 0.1) is 0 Å². The zero-order valence-electron chi connectivity index (χ0n) is 12.6. The largest absolute Gasteiger partial charge is 0.481 e. The van der Waals surface area contributed by atoms with Gasteiger partial charge in [-0.2, -0.15) is 0 Å². The Hall–Kier alpha value is -2.30. The molecule has 1 aromatic carbocycles. The van der Waals surface area contributed by atoms with Crippen molar-refractivity contribution in [3.8, 4) is 0 Å². The molecule has 0 aliphatic rings. The fourth-order valence-electron chi connectivity index (χ4n) is 1.22. The number of benzene rings is 1. The fraction of sp³-hybridized carbons (Fsp3) is 0.333. The third kappa shape index (κ3) is 13.8. The van der Waals surface area contributed by atoms with Crippen molar-refractivity contribution >= 4 is 24.1 Å². The van der Waals surface area contributed by atoms with Gasteiger partial charge < -0.3 is 16.6 Å². The number of hydrogen-bond acceptors (Lipinski definition) is 2. The Labute approximate surface area is 120 Å². The van der Waals surface area contributed by atoms with Crippen molar-refractivity contribution in [3.05, 3.63) is 34.7 Å². The number of carbonyl (C=O) groups is 1. The third-order valence-electron chi connectivity index (χ3n) is 1.96. The average Bonchev–Trinajstić information content (AvgIpc) is 2.38. The maximum Gasteiger partial charge on any atom is 0.300 e. The molecule has 5 N–H and O–H groups in total. The molecule has 0 unspecified atom stereocenters. The lowest BCUT2D eigenvalue weighted by Crippen LogP contribution is -2.22. The van der Waals surface area contributed by atoms with Gasteiger partial charge in [0.25, 0.3) is 5.97 Å². The molecule has 0 amide bonds. The van der Waals surface area contributed by atoms with Crippen molar-refractivity contribution in [2.75, 3.05) is 6.54 Å². The molecule has 112 valence electrons. The van der Waals surface area contributed by atoms with Crippen LogP contribution in [0.1, 0.15) is 27.7 Å². The smallest absolute Gasteiger partial charge is 0.300 e. The summed E-state index contributed by atoms with van der Waals surface area (Å²) in [5.41, 5.74) is 9.86. The predicted molar refractivity (Wildman–Crippen MR) is 85.6 cm³/mol. The van der Waals surface area contributed by atoms with E-state index in [1.54, 1.807) is 0 Å². The highest BCUT2D eigenvalue weighted by Crippen LogP contribution is 1.71. The van der Waals surface area contributed by atoms with Crippen molar-refractivity contribution in [1.82, 2.24) is 0 Å². The molecule has 0 radical (unpaired) electrons. The maximum absolute atomic E-state index is 9.00. The highest BCUT2D eigenvalue weighted by molar-refractivity contribution is 5.75. The Morgan fingerprint density at radius 2 is 1.55 bits per heavy atom. The zero-order chi connectivity index (χ0) is 16.0. The topological polar surface area (TPSA) is 102 Å². The van der Waals surface area contributed by atoms with Crippen molar-refractivity contribution in [1.29, 1.82) is 0 Å². The molecule has 0 fully saturated rings. The monoisotopic (exact) mass is 279 g/mol. The molecule has 0 bridgehead atoms. The number of aliphatic imine (C=N–C) groups is 1. The summed E-state index contributed by atoms with van der Waals surface area (Å²) in [6.45, 7) is 7.74. The fourth-order valence-corrected chi connectivity index (χ4v) is 1.22. The van der Waals surface area contributed by atoms with Crippen LogP contribution in [-0.4, -0.2) is 23.6 Å². The van der Waals surface area contributed by atoms with E-state index in [0.717, 1.165) is 6.92 Å². The molecular formula is C15H25N3O2. The molecule has 0 spiro atoms. The first-order chi connectivity index (χ1) is 9.38. The molecule has 0 aromatic heterocycles. The van der Waals surface area contributed by atoms with E-state index in [9.17, 15) is 0 Å². The number of carboxylic acid groups (broad SMARTS) is 1. The second kappa shape index (κ2) is 13.1. The van der Waals surface area contributed by atoms with Crippen molar-refractivity contribution in [2.45, 2.75) is 27.7 Å². The van der Waals surface area contributed by atoms with Crippen LogP contribution in [0.25, 0.3) is 12.2 Å². The minimum absolute atomic E-state index is 0.164. The van der Waals surface area contributed by atoms with Gasteiger partial charge in [0.15, 0.2) is 5.96 Å². The Morgan fingerprint density at radius 3 is 1.70 bits per heavy atom. The molecule has 1 rings (SSSR count). The molecule has 5 heteroatoms. The Balaban J connectivity index is 0. The number of nitrogens with zero attached hydrogens (tertiary/aromatic N) is 1. The molecular weight excluding hydrogens is 254 g/mol. The Morgan fingerprint density at radius 1 is 1.20 bits per heavy atom. The van der Waals surface area contributed by atoms with Gasteiger partial charge in [0, 0.05) is 13.5 Å². The predicted octanol–water partition coefficient (Wildman–Crippen LogP) is 0.658. The molecule has 0 aliphatic heterocycles. The lowest BCUT2D eigenvalue weighted by atomic mass is 10.2. The SMILES string of the molecule is C/C=c1/cccc/c1=C/C.CC(=O)O.CCN=C(N)N. The van der Waals surface area contributed by atoms with E-state index in [2.05, 4.69) is 55.3 Å². The van der Waals surface area contributed by atoms with Crippen LogP contribution in [0.4, 0.5) is 0 Å². The molecule has 20 heavy (non-hydrogen) atoms. The lowest BCUT2D eigenvalue weighted by molar-refractivity contribution is -0.134. The van der Waals surface area contributed by atoms with Gasteiger partial charge in [0.2, 0.25) is 0 Å². The first-order valence-corrected chi connectivity index (χ1v) is 6.31. The first-order valence-electron chi connectivity index (χ1n) is 6.31. The molecule has 5 nitrogen and oxygen atoms in total. The zero-order valence-corrected chi connectivity index (χ0v) is 12.6. The average molecular weight is 279 g/mol. The lowest BCUT2D eigenvalue weighted by Gasteiger charge is -1.85. The summed E-state index contributed by atoms with van der Waals surface area (Å²) in [5.74, 6) is -0.669. The maximum atomic E-state index is 9.00. The summed E-state index contributed by atoms with van der Waals surface area (Å²) in [5, 5.41) is 10.0. The van der Waals surface area contributed by atoms with E-state index in [-0.39, 0.29) is 5.96 Å². The van der Waals surface area contributed by atoms with Crippen LogP contribution in [0.2, 0.25) is 0 Å². The third-order valence-corrected chi connectivity index (χ3v) is 1.96. The second-order valence-electron chi connectivity index (χ2n) is 3.62. The minimum Gasteiger partial charge on any atom is -0.481 e. The van der Waals surface area contributed by atoms with Crippen LogP contribution in [0.3, 0.4) is 0 Å². The number of nitrogens with two attached hydrogens (primary N) is 2. The Bertz CT molecular complexity index is 481. The molecule has 0 heterocycles. The molecule has 1 aromatic rings. The van der Waals surface area contributed by atoms with Gasteiger partial charge in [-0.05, 0) is 31.2 Å². The second-order valence-corrected chi connectivity index (χ2v) is 3.62. The minimum atomic E-state index is -0.833. The van der Waals surface area contributed by atoms with Gasteiger partial charge in [-0.1, -0.05) is 36.4 Å². The number of aliphatic carboxylic acids is 1. The number of hydrogen-bond donors (Lipinski definition) is 3. The molecule has 0 aliphatic carbocycles. The van der Waals surface area contributed by atoms with Gasteiger partial charge in [-0.25, -0.2) is 0 Å². The van der Waals surface area contributed by atoms with Crippen LogP contribution in [-0.2, 0) is 4.79 Å². The van der Waals surface area contributed by atoms with E-state index in [0.29, 0.717) is 6.54 Å². The first kappa shape index (κ1) is 20.0. The van der Waals surface area contributed by atoms with Gasteiger partial charge >= 0.3 is 0 Å². The van der Waals surface area contributed by atoms with Gasteiger partial charge in [-0.15, -0.1) is 0 Å². The summed E-state index contributed by atoms with van der Waals surface area (Å²) in [6, 6.07) is 8.36. The quantitative estimate of drug-likeness (QED) is 0.519. The summed E-state index contributed by atoms with van der Waals surface area (Å²) in [6.07, 6.45) is 4.24. The van der Waals surface area contributed by atoms with Crippen molar-refractivity contribution in [3.63, 3.8) is 0 Å². The number of rotatable bonds is 1. The van der Waals surface area contributed by atoms with E-state index >= 15 is 0 Å². The number of carboxylic acids is 1. The Kier molecular flexibility index (Phi) is 13.2. The van der Waals surface area contributed by atoms with Crippen LogP contribution >= 0.6 is 0 Å². The van der Waals surface area contributed by atoms with Crippen LogP contribution in [0.15, 0.2) is 29.3 Å². The summed E-state index contributed by atoms with van der Waals surface area (Å²) in [7, 11) is 0. The highest BCUT2D eigenvalue weighted by atomic mass is 16.4. The van der Waals surface area contributed by atoms with Gasteiger partial charge in [-0.3, -0.25) is 9.79 Å².